The summed E-state index contributed by atoms with van der Waals surface area (Å²) in [6.07, 6.45) is 0. The second kappa shape index (κ2) is 11.0. The molecule has 4 heterocycles. The van der Waals surface area contributed by atoms with Gasteiger partial charge in [0, 0.05) is 61.1 Å². The first-order valence-electron chi connectivity index (χ1n) is 17.6. The van der Waals surface area contributed by atoms with E-state index in [2.05, 4.69) is 84.6 Å². The van der Waals surface area contributed by atoms with Gasteiger partial charge in [0.2, 0.25) is 0 Å². The smallest absolute Gasteiger partial charge is 0.256 e. The average molecular weight is 672 g/mol. The molecule has 0 bridgehead atoms. The molecule has 4 aliphatic rings. The van der Waals surface area contributed by atoms with Crippen molar-refractivity contribution in [1.29, 1.82) is 0 Å². The first-order valence-corrected chi connectivity index (χ1v) is 17.6. The Hall–Kier alpha value is -6.53. The molecule has 0 N–H and O–H groups in total. The topological polar surface area (TPSA) is 43.4 Å². The number of ether oxygens (including phenoxy) is 4. The molecule has 246 valence electrons. The Bertz CT molecular complexity index is 2420. The maximum atomic E-state index is 6.67. The van der Waals surface area contributed by atoms with Crippen molar-refractivity contribution in [3.05, 3.63) is 146 Å². The lowest BCUT2D eigenvalue weighted by atomic mass is 9.31. The molecule has 0 radical (unpaired) electrons. The normalized spacial score (nSPS) is 13.7. The molecule has 11 rings (SSSR count). The van der Waals surface area contributed by atoms with Crippen molar-refractivity contribution >= 4 is 69.0 Å². The lowest BCUT2D eigenvalue weighted by molar-refractivity contribution is 0.462. The van der Waals surface area contributed by atoms with E-state index in [4.69, 9.17) is 18.9 Å². The minimum absolute atomic E-state index is 0.0277. The number of fused-ring (bicyclic) bond motifs is 8. The molecule has 0 aliphatic carbocycles. The zero-order valence-electron chi connectivity index (χ0n) is 28.5. The molecule has 0 unspecified atom stereocenters. The first-order chi connectivity index (χ1) is 25.6. The van der Waals surface area contributed by atoms with E-state index in [0.717, 1.165) is 90.6 Å². The van der Waals surface area contributed by atoms with Gasteiger partial charge in [-0.1, -0.05) is 78.9 Å². The van der Waals surface area contributed by atoms with Crippen molar-refractivity contribution in [2.45, 2.75) is 0 Å². The Labute approximate surface area is 302 Å². The van der Waals surface area contributed by atoms with Gasteiger partial charge in [-0.15, -0.1) is 0 Å². The van der Waals surface area contributed by atoms with Gasteiger partial charge in [-0.25, -0.2) is 0 Å². The Morgan fingerprint density at radius 3 is 1.27 bits per heavy atom. The van der Waals surface area contributed by atoms with Crippen molar-refractivity contribution in [3.63, 3.8) is 0 Å². The van der Waals surface area contributed by atoms with Gasteiger partial charge in [0.1, 0.15) is 46.0 Å². The molecular weight excluding hydrogens is 642 g/mol. The number of anilines is 4. The third kappa shape index (κ3) is 4.27. The minimum atomic E-state index is -0.0277. The lowest BCUT2D eigenvalue weighted by Crippen LogP contribution is -2.64. The van der Waals surface area contributed by atoms with E-state index >= 15 is 0 Å². The van der Waals surface area contributed by atoms with Crippen LogP contribution in [-0.4, -0.2) is 27.5 Å². The summed E-state index contributed by atoms with van der Waals surface area (Å²) in [4.78, 5) is 4.59. The number of rotatable bonds is 4. The van der Waals surface area contributed by atoms with Gasteiger partial charge in [-0.2, -0.15) is 0 Å². The van der Waals surface area contributed by atoms with Crippen LogP contribution in [-0.2, 0) is 0 Å². The highest BCUT2D eigenvalue weighted by molar-refractivity contribution is 7.02. The molecule has 0 spiro atoms. The molecule has 8 heteroatoms. The fraction of sp³-hybridized carbons (Fsp3) is 0.0455. The monoisotopic (exact) mass is 672 g/mol. The molecule has 52 heavy (non-hydrogen) atoms. The predicted octanol–water partition coefficient (Wildman–Crippen LogP) is 6.68. The zero-order valence-corrected chi connectivity index (χ0v) is 28.5. The summed E-state index contributed by atoms with van der Waals surface area (Å²) >= 11 is 0. The number of benzene rings is 7. The molecule has 4 aliphatic heterocycles. The molecule has 7 aromatic rings. The van der Waals surface area contributed by atoms with E-state index < -0.39 is 0 Å². The van der Waals surface area contributed by atoms with Crippen LogP contribution in [0.5, 0.6) is 46.0 Å². The summed E-state index contributed by atoms with van der Waals surface area (Å²) < 4.78 is 26.2. The summed E-state index contributed by atoms with van der Waals surface area (Å²) in [5, 5.41) is 0. The number of hydrogen-bond acceptors (Lipinski definition) is 6. The maximum absolute atomic E-state index is 6.67. The molecule has 7 aromatic carbocycles. The lowest BCUT2D eigenvalue weighted by Gasteiger charge is -2.42. The van der Waals surface area contributed by atoms with Crippen molar-refractivity contribution < 1.29 is 18.9 Å². The van der Waals surface area contributed by atoms with E-state index in [1.165, 1.54) is 10.9 Å². The van der Waals surface area contributed by atoms with Gasteiger partial charge in [0.05, 0.1) is 0 Å². The van der Waals surface area contributed by atoms with Crippen molar-refractivity contribution in [2.24, 2.45) is 0 Å². The molecule has 0 saturated carbocycles. The Morgan fingerprint density at radius 2 is 0.808 bits per heavy atom. The summed E-state index contributed by atoms with van der Waals surface area (Å²) in [5.74, 6) is 6.38. The van der Waals surface area contributed by atoms with Gasteiger partial charge in [0.25, 0.3) is 13.4 Å². The standard InChI is InChI=1S/C44H30B2N2O4/c1-47-35-26-36-34(46-32-18-10-12-20-40(32)52-42-24-30(22-38(44(42)46)48(36)2)50-28-15-7-4-8-16-28)25-33(35)45-31-17-9-11-19-39(31)51-41-23-29(21-37(47)43(41)45)49-27-13-5-3-6-14-27/h3-26H,1-2H3. The third-order valence-electron chi connectivity index (χ3n) is 10.9. The minimum Gasteiger partial charge on any atom is -0.458 e. The highest BCUT2D eigenvalue weighted by Gasteiger charge is 2.45. The maximum Gasteiger partial charge on any atom is 0.256 e. The fourth-order valence-electron chi connectivity index (χ4n) is 8.58. The largest absolute Gasteiger partial charge is 0.458 e. The highest BCUT2D eigenvalue weighted by atomic mass is 16.5. The number of hydrogen-bond donors (Lipinski definition) is 0. The SMILES string of the molecule is CN1c2cc3c(cc2B2c4ccccc4Oc4cc(Oc5ccccc5)cc1c42)B1c2ccccc2Oc2cc(Oc4ccccc4)cc(c21)N3C. The van der Waals surface area contributed by atoms with Crippen LogP contribution in [0.3, 0.4) is 0 Å². The number of nitrogens with zero attached hydrogens (tertiary/aromatic N) is 2. The Kier molecular flexibility index (Phi) is 6.17. The number of para-hydroxylation sites is 4. The zero-order chi connectivity index (χ0) is 34.5. The van der Waals surface area contributed by atoms with Crippen molar-refractivity contribution in [3.8, 4) is 46.0 Å². The summed E-state index contributed by atoms with van der Waals surface area (Å²) in [7, 11) is 4.29. The molecule has 6 nitrogen and oxygen atoms in total. The van der Waals surface area contributed by atoms with Gasteiger partial charge in [0.15, 0.2) is 0 Å². The van der Waals surface area contributed by atoms with E-state index in [1.807, 2.05) is 84.9 Å². The molecule has 0 aromatic heterocycles. The summed E-state index contributed by atoms with van der Waals surface area (Å²) in [5.41, 5.74) is 11.5. The fourth-order valence-corrected chi connectivity index (χ4v) is 8.58. The molecule has 0 atom stereocenters. The van der Waals surface area contributed by atoms with E-state index in [0.29, 0.717) is 0 Å². The summed E-state index contributed by atoms with van der Waals surface area (Å²) in [6.45, 7) is -0.0553. The van der Waals surface area contributed by atoms with Crippen LogP contribution in [0.15, 0.2) is 146 Å². The van der Waals surface area contributed by atoms with E-state index in [1.54, 1.807) is 0 Å². The van der Waals surface area contributed by atoms with E-state index in [-0.39, 0.29) is 13.4 Å². The van der Waals surface area contributed by atoms with Gasteiger partial charge < -0.3 is 28.7 Å². The van der Waals surface area contributed by atoms with Crippen LogP contribution in [0, 0.1) is 0 Å². The van der Waals surface area contributed by atoms with Crippen molar-refractivity contribution in [2.75, 3.05) is 23.9 Å². The van der Waals surface area contributed by atoms with Crippen LogP contribution in [0.4, 0.5) is 22.7 Å². The molecular formula is C44H30B2N2O4. The van der Waals surface area contributed by atoms with Crippen LogP contribution < -0.4 is 61.5 Å². The highest BCUT2D eigenvalue weighted by Crippen LogP contribution is 2.43. The van der Waals surface area contributed by atoms with Crippen LogP contribution in [0.2, 0.25) is 0 Å². The van der Waals surface area contributed by atoms with Gasteiger partial charge in [-0.05, 0) is 75.2 Å². The van der Waals surface area contributed by atoms with Crippen LogP contribution >= 0.6 is 0 Å². The molecule has 0 saturated heterocycles. The summed E-state index contributed by atoms with van der Waals surface area (Å²) in [6, 6.07) is 49.8. The predicted molar refractivity (Wildman–Crippen MR) is 211 cm³/mol. The second-order valence-corrected chi connectivity index (χ2v) is 13.8. The molecule has 0 fully saturated rings. The third-order valence-corrected chi connectivity index (χ3v) is 10.9. The van der Waals surface area contributed by atoms with Gasteiger partial charge >= 0.3 is 0 Å². The van der Waals surface area contributed by atoms with Crippen LogP contribution in [0.25, 0.3) is 0 Å². The molecule has 0 amide bonds. The van der Waals surface area contributed by atoms with Crippen LogP contribution in [0.1, 0.15) is 0 Å². The average Bonchev–Trinajstić information content (AvgIpc) is 3.18. The van der Waals surface area contributed by atoms with E-state index in [9.17, 15) is 0 Å². The van der Waals surface area contributed by atoms with Crippen molar-refractivity contribution in [1.82, 2.24) is 0 Å². The first kappa shape index (κ1) is 29.2. The quantitative estimate of drug-likeness (QED) is 0.195. The Morgan fingerprint density at radius 1 is 0.385 bits per heavy atom. The van der Waals surface area contributed by atoms with Gasteiger partial charge in [-0.3, -0.25) is 0 Å². The Balaban J connectivity index is 1.12. The second-order valence-electron chi connectivity index (χ2n) is 13.8.